The summed E-state index contributed by atoms with van der Waals surface area (Å²) >= 11 is 0. The van der Waals surface area contributed by atoms with Crippen molar-refractivity contribution in [1.82, 2.24) is 5.32 Å². The van der Waals surface area contributed by atoms with Gasteiger partial charge in [0.25, 0.3) is 11.8 Å². The van der Waals surface area contributed by atoms with Gasteiger partial charge in [-0.15, -0.1) is 0 Å². The summed E-state index contributed by atoms with van der Waals surface area (Å²) in [4.78, 5) is 38.3. The van der Waals surface area contributed by atoms with Gasteiger partial charge in [0, 0.05) is 0 Å². The van der Waals surface area contributed by atoms with E-state index in [1.807, 2.05) is 57.2 Å². The van der Waals surface area contributed by atoms with Crippen LogP contribution in [0.2, 0.25) is 0 Å². The van der Waals surface area contributed by atoms with Gasteiger partial charge in [-0.25, -0.2) is 9.69 Å². The van der Waals surface area contributed by atoms with Gasteiger partial charge >= 0.3 is 6.03 Å². The molecular formula is C20H18N2O3. The predicted molar refractivity (Wildman–Crippen MR) is 96.1 cm³/mol. The smallest absolute Gasteiger partial charge is 0.273 e. The molecule has 25 heavy (non-hydrogen) atoms. The van der Waals surface area contributed by atoms with E-state index in [1.165, 1.54) is 6.08 Å². The summed E-state index contributed by atoms with van der Waals surface area (Å²) in [6.45, 7) is 5.65. The van der Waals surface area contributed by atoms with Gasteiger partial charge in [0.15, 0.2) is 0 Å². The minimum absolute atomic E-state index is 0.0654. The third kappa shape index (κ3) is 3.21. The van der Waals surface area contributed by atoms with E-state index in [4.69, 9.17) is 0 Å². The zero-order valence-electron chi connectivity index (χ0n) is 14.3. The summed E-state index contributed by atoms with van der Waals surface area (Å²) in [6.07, 6.45) is 1.50. The molecule has 2 aromatic rings. The van der Waals surface area contributed by atoms with Gasteiger partial charge in [0.05, 0.1) is 5.69 Å². The average molecular weight is 334 g/mol. The Morgan fingerprint density at radius 2 is 1.52 bits per heavy atom. The van der Waals surface area contributed by atoms with Crippen LogP contribution in [0.1, 0.15) is 22.3 Å². The molecule has 5 heteroatoms. The maximum atomic E-state index is 12.9. The van der Waals surface area contributed by atoms with E-state index in [2.05, 4.69) is 5.32 Å². The number of anilines is 1. The van der Waals surface area contributed by atoms with Gasteiger partial charge in [-0.05, 0) is 49.6 Å². The second-order valence-electron chi connectivity index (χ2n) is 6.16. The number of aryl methyl sites for hydroxylation is 3. The van der Waals surface area contributed by atoms with Crippen LogP contribution in [0.5, 0.6) is 0 Å². The van der Waals surface area contributed by atoms with Crippen LogP contribution in [-0.4, -0.2) is 17.8 Å². The van der Waals surface area contributed by atoms with Crippen LogP contribution in [0, 0.1) is 20.8 Å². The number of rotatable bonds is 2. The third-order valence-corrected chi connectivity index (χ3v) is 4.10. The molecule has 5 nitrogen and oxygen atoms in total. The summed E-state index contributed by atoms with van der Waals surface area (Å²) in [6, 6.07) is 12.2. The van der Waals surface area contributed by atoms with Crippen molar-refractivity contribution in [1.29, 1.82) is 0 Å². The Hall–Kier alpha value is -3.21. The zero-order chi connectivity index (χ0) is 18.1. The number of imide groups is 2. The molecule has 1 saturated heterocycles. The SMILES string of the molecule is Cc1ccc(C=C2C(=O)NC(=O)N(c3cc(C)ccc3C)C2=O)cc1. The van der Waals surface area contributed by atoms with E-state index < -0.39 is 17.8 Å². The molecular weight excluding hydrogens is 316 g/mol. The molecule has 0 saturated carbocycles. The van der Waals surface area contributed by atoms with Gasteiger partial charge in [-0.1, -0.05) is 42.0 Å². The van der Waals surface area contributed by atoms with Crippen molar-refractivity contribution < 1.29 is 14.4 Å². The quantitative estimate of drug-likeness (QED) is 0.677. The zero-order valence-corrected chi connectivity index (χ0v) is 14.3. The summed E-state index contributed by atoms with van der Waals surface area (Å²) in [5.74, 6) is -1.31. The number of urea groups is 1. The maximum Gasteiger partial charge on any atom is 0.335 e. The number of hydrogen-bond acceptors (Lipinski definition) is 3. The number of hydrogen-bond donors (Lipinski definition) is 1. The van der Waals surface area contributed by atoms with Crippen LogP contribution in [0.3, 0.4) is 0 Å². The number of carbonyl (C=O) groups is 3. The first kappa shape index (κ1) is 16.6. The van der Waals surface area contributed by atoms with E-state index in [9.17, 15) is 14.4 Å². The van der Waals surface area contributed by atoms with E-state index in [1.54, 1.807) is 6.07 Å². The lowest BCUT2D eigenvalue weighted by Crippen LogP contribution is -2.54. The average Bonchev–Trinajstić information content (AvgIpc) is 2.56. The van der Waals surface area contributed by atoms with Crippen LogP contribution in [0.4, 0.5) is 10.5 Å². The molecule has 4 amide bonds. The van der Waals surface area contributed by atoms with Crippen molar-refractivity contribution in [2.45, 2.75) is 20.8 Å². The molecule has 3 rings (SSSR count). The largest absolute Gasteiger partial charge is 0.335 e. The maximum absolute atomic E-state index is 12.9. The fraction of sp³-hybridized carbons (Fsp3) is 0.150. The number of carbonyl (C=O) groups excluding carboxylic acids is 3. The minimum atomic E-state index is -0.732. The van der Waals surface area contributed by atoms with E-state index >= 15 is 0 Å². The first-order valence-electron chi connectivity index (χ1n) is 7.92. The minimum Gasteiger partial charge on any atom is -0.273 e. The first-order valence-corrected chi connectivity index (χ1v) is 7.92. The summed E-state index contributed by atoms with van der Waals surface area (Å²) in [5.41, 5.74) is 3.91. The third-order valence-electron chi connectivity index (χ3n) is 4.10. The van der Waals surface area contributed by atoms with Gasteiger partial charge < -0.3 is 0 Å². The van der Waals surface area contributed by atoms with Gasteiger partial charge in [-0.2, -0.15) is 0 Å². The van der Waals surface area contributed by atoms with E-state index in [0.717, 1.165) is 27.2 Å². The lowest BCUT2D eigenvalue weighted by Gasteiger charge is -2.27. The fourth-order valence-electron chi connectivity index (χ4n) is 2.67. The monoisotopic (exact) mass is 334 g/mol. The molecule has 1 aliphatic heterocycles. The van der Waals surface area contributed by atoms with Crippen molar-refractivity contribution in [2.75, 3.05) is 4.90 Å². The number of barbiturate groups is 1. The molecule has 0 spiro atoms. The lowest BCUT2D eigenvalue weighted by molar-refractivity contribution is -0.122. The summed E-state index contributed by atoms with van der Waals surface area (Å²) in [5, 5.41) is 2.25. The molecule has 0 aromatic heterocycles. The Balaban J connectivity index is 2.05. The van der Waals surface area contributed by atoms with Crippen LogP contribution in [-0.2, 0) is 9.59 Å². The van der Waals surface area contributed by atoms with Crippen LogP contribution in [0.25, 0.3) is 6.08 Å². The summed E-state index contributed by atoms with van der Waals surface area (Å²) in [7, 11) is 0. The Kier molecular flexibility index (Phi) is 4.23. The number of nitrogens with zero attached hydrogens (tertiary/aromatic N) is 1. The van der Waals surface area contributed by atoms with Gasteiger partial charge in [0.1, 0.15) is 5.57 Å². The summed E-state index contributed by atoms with van der Waals surface area (Å²) < 4.78 is 0. The molecule has 0 radical (unpaired) electrons. The molecule has 0 aliphatic carbocycles. The highest BCUT2D eigenvalue weighted by Crippen LogP contribution is 2.26. The van der Waals surface area contributed by atoms with Crippen molar-refractivity contribution >= 4 is 29.6 Å². The molecule has 126 valence electrons. The van der Waals surface area contributed by atoms with Crippen molar-refractivity contribution in [3.63, 3.8) is 0 Å². The van der Waals surface area contributed by atoms with Crippen molar-refractivity contribution in [2.24, 2.45) is 0 Å². The lowest BCUT2D eigenvalue weighted by atomic mass is 10.0. The molecule has 2 aromatic carbocycles. The predicted octanol–water partition coefficient (Wildman–Crippen LogP) is 3.28. The Morgan fingerprint density at radius 1 is 0.880 bits per heavy atom. The van der Waals surface area contributed by atoms with Crippen molar-refractivity contribution in [3.8, 4) is 0 Å². The van der Waals surface area contributed by atoms with Crippen LogP contribution in [0.15, 0.2) is 48.0 Å². The topological polar surface area (TPSA) is 66.5 Å². The van der Waals surface area contributed by atoms with E-state index in [-0.39, 0.29) is 5.57 Å². The number of nitrogens with one attached hydrogen (secondary N) is 1. The molecule has 1 N–H and O–H groups in total. The molecule has 0 unspecified atom stereocenters. The van der Waals surface area contributed by atoms with Crippen LogP contribution >= 0.6 is 0 Å². The highest BCUT2D eigenvalue weighted by Gasteiger charge is 2.37. The number of benzene rings is 2. The highest BCUT2D eigenvalue weighted by atomic mass is 16.2. The second kappa shape index (κ2) is 6.36. The molecule has 1 heterocycles. The molecule has 0 atom stereocenters. The Morgan fingerprint density at radius 3 is 2.20 bits per heavy atom. The molecule has 1 aliphatic rings. The molecule has 1 fully saturated rings. The number of amides is 4. The highest BCUT2D eigenvalue weighted by molar-refractivity contribution is 6.39. The Bertz CT molecular complexity index is 911. The Labute approximate surface area is 146 Å². The standard InChI is InChI=1S/C20H18N2O3/c1-12-5-8-15(9-6-12)11-16-18(23)21-20(25)22(19(16)24)17-10-13(2)4-7-14(17)3/h4-11H,1-3H3,(H,21,23,25). The van der Waals surface area contributed by atoms with Gasteiger partial charge in [0.2, 0.25) is 0 Å². The van der Waals surface area contributed by atoms with Gasteiger partial charge in [-0.3, -0.25) is 14.9 Å². The van der Waals surface area contributed by atoms with Crippen LogP contribution < -0.4 is 10.2 Å². The molecule has 0 bridgehead atoms. The second-order valence-corrected chi connectivity index (χ2v) is 6.16. The fourth-order valence-corrected chi connectivity index (χ4v) is 2.67. The first-order chi connectivity index (χ1) is 11.9. The normalized spacial score (nSPS) is 16.4. The van der Waals surface area contributed by atoms with E-state index in [0.29, 0.717) is 5.69 Å². The van der Waals surface area contributed by atoms with Crippen molar-refractivity contribution in [3.05, 3.63) is 70.3 Å².